The molecule has 0 radical (unpaired) electrons. The predicted octanol–water partition coefficient (Wildman–Crippen LogP) is 3.51. The summed E-state index contributed by atoms with van der Waals surface area (Å²) in [6.07, 6.45) is 2.21. The Morgan fingerprint density at radius 1 is 1.14 bits per heavy atom. The van der Waals surface area contributed by atoms with Crippen molar-refractivity contribution in [1.29, 1.82) is 0 Å². The van der Waals surface area contributed by atoms with Gasteiger partial charge in [-0.15, -0.1) is 0 Å². The van der Waals surface area contributed by atoms with Crippen LogP contribution in [0, 0.1) is 6.92 Å². The fourth-order valence-electron chi connectivity index (χ4n) is 2.24. The molecule has 0 saturated carbocycles. The van der Waals surface area contributed by atoms with Crippen LogP contribution in [0.5, 0.6) is 5.88 Å². The van der Waals surface area contributed by atoms with E-state index < -0.39 is 0 Å². The van der Waals surface area contributed by atoms with Crippen LogP contribution in [0.15, 0.2) is 42.5 Å². The molecule has 0 aliphatic rings. The fourth-order valence-corrected chi connectivity index (χ4v) is 2.24. The number of rotatable bonds is 7. The normalized spacial score (nSPS) is 12.1. The molecule has 1 heterocycles. The van der Waals surface area contributed by atoms with Gasteiger partial charge in [0.25, 0.3) is 0 Å². The number of ether oxygens (including phenoxy) is 1. The first-order valence-corrected chi connectivity index (χ1v) is 7.47. The summed E-state index contributed by atoms with van der Waals surface area (Å²) in [5.41, 5.74) is 3.64. The summed E-state index contributed by atoms with van der Waals surface area (Å²) in [6, 6.07) is 15.0. The van der Waals surface area contributed by atoms with Gasteiger partial charge in [0.15, 0.2) is 0 Å². The van der Waals surface area contributed by atoms with Crippen LogP contribution in [0.2, 0.25) is 0 Å². The number of aromatic nitrogens is 1. The zero-order chi connectivity index (χ0) is 15.1. The van der Waals surface area contributed by atoms with Crippen molar-refractivity contribution in [3.63, 3.8) is 0 Å². The minimum Gasteiger partial charge on any atom is -0.481 e. The fraction of sp³-hybridized carbons (Fsp3) is 0.389. The molecule has 2 rings (SSSR count). The lowest BCUT2D eigenvalue weighted by molar-refractivity contribution is 0.394. The Morgan fingerprint density at radius 3 is 2.62 bits per heavy atom. The highest BCUT2D eigenvalue weighted by molar-refractivity contribution is 5.24. The van der Waals surface area contributed by atoms with Crippen LogP contribution in [-0.4, -0.2) is 18.1 Å². The van der Waals surface area contributed by atoms with Crippen molar-refractivity contribution in [2.24, 2.45) is 0 Å². The average molecular weight is 284 g/mol. The van der Waals surface area contributed by atoms with Crippen molar-refractivity contribution in [3.05, 3.63) is 59.3 Å². The minimum absolute atomic E-state index is 0.456. The van der Waals surface area contributed by atoms with Crippen LogP contribution in [0.25, 0.3) is 0 Å². The Morgan fingerprint density at radius 2 is 1.90 bits per heavy atom. The standard InChI is InChI=1S/C18H24N2O/c1-14-9-12-18(21-3)20-17(14)13-19-15(2)10-11-16-7-5-4-6-8-16/h4-9,12,15,19H,10-11,13H2,1-3H3. The number of hydrogen-bond donors (Lipinski definition) is 1. The molecule has 0 spiro atoms. The zero-order valence-electron chi connectivity index (χ0n) is 13.1. The minimum atomic E-state index is 0.456. The molecule has 1 unspecified atom stereocenters. The first-order chi connectivity index (χ1) is 10.2. The van der Waals surface area contributed by atoms with E-state index in [1.54, 1.807) is 7.11 Å². The average Bonchev–Trinajstić information content (AvgIpc) is 2.53. The second-order valence-electron chi connectivity index (χ2n) is 5.42. The van der Waals surface area contributed by atoms with Crippen molar-refractivity contribution in [2.45, 2.75) is 39.3 Å². The van der Waals surface area contributed by atoms with E-state index in [1.807, 2.05) is 6.07 Å². The van der Waals surface area contributed by atoms with Crippen molar-refractivity contribution < 1.29 is 4.74 Å². The molecule has 0 aliphatic carbocycles. The van der Waals surface area contributed by atoms with Crippen molar-refractivity contribution in [3.8, 4) is 5.88 Å². The van der Waals surface area contributed by atoms with Gasteiger partial charge in [0, 0.05) is 18.7 Å². The Bertz CT molecular complexity index is 554. The molecule has 1 atom stereocenters. The molecule has 0 bridgehead atoms. The monoisotopic (exact) mass is 284 g/mol. The summed E-state index contributed by atoms with van der Waals surface area (Å²) in [4.78, 5) is 4.50. The first kappa shape index (κ1) is 15.5. The molecule has 1 N–H and O–H groups in total. The van der Waals surface area contributed by atoms with Gasteiger partial charge >= 0.3 is 0 Å². The summed E-state index contributed by atoms with van der Waals surface area (Å²) in [5.74, 6) is 0.675. The molecule has 0 aliphatic heterocycles. The lowest BCUT2D eigenvalue weighted by atomic mass is 10.1. The predicted molar refractivity (Wildman–Crippen MR) is 86.6 cm³/mol. The molecule has 0 amide bonds. The Hall–Kier alpha value is -1.87. The summed E-state index contributed by atoms with van der Waals surface area (Å²) in [7, 11) is 1.65. The number of aryl methyl sites for hydroxylation is 2. The SMILES string of the molecule is COc1ccc(C)c(CNC(C)CCc2ccccc2)n1. The molecule has 0 saturated heterocycles. The van der Waals surface area contributed by atoms with Gasteiger partial charge in [0.2, 0.25) is 5.88 Å². The molecular formula is C18H24N2O. The van der Waals surface area contributed by atoms with Crippen LogP contribution in [0.4, 0.5) is 0 Å². The number of benzene rings is 1. The summed E-state index contributed by atoms with van der Waals surface area (Å²) >= 11 is 0. The van der Waals surface area contributed by atoms with Crippen LogP contribution < -0.4 is 10.1 Å². The van der Waals surface area contributed by atoms with Crippen LogP contribution in [0.3, 0.4) is 0 Å². The number of nitrogens with one attached hydrogen (secondary N) is 1. The Labute approximate surface area is 127 Å². The highest BCUT2D eigenvalue weighted by Crippen LogP contribution is 2.12. The van der Waals surface area contributed by atoms with Gasteiger partial charge in [0.1, 0.15) is 0 Å². The summed E-state index contributed by atoms with van der Waals surface area (Å²) < 4.78 is 5.18. The molecule has 112 valence electrons. The molecule has 21 heavy (non-hydrogen) atoms. The molecule has 0 fully saturated rings. The molecular weight excluding hydrogens is 260 g/mol. The third-order valence-corrected chi connectivity index (χ3v) is 3.71. The molecule has 1 aromatic carbocycles. The highest BCUT2D eigenvalue weighted by Gasteiger charge is 2.06. The van der Waals surface area contributed by atoms with E-state index >= 15 is 0 Å². The highest BCUT2D eigenvalue weighted by atomic mass is 16.5. The van der Waals surface area contributed by atoms with E-state index in [4.69, 9.17) is 4.74 Å². The van der Waals surface area contributed by atoms with Crippen LogP contribution >= 0.6 is 0 Å². The summed E-state index contributed by atoms with van der Waals surface area (Å²) in [6.45, 7) is 5.08. The van der Waals surface area contributed by atoms with Gasteiger partial charge in [0.05, 0.1) is 12.8 Å². The third kappa shape index (κ3) is 4.87. The quantitative estimate of drug-likeness (QED) is 0.845. The van der Waals surface area contributed by atoms with Gasteiger partial charge in [-0.05, 0) is 37.8 Å². The molecule has 3 nitrogen and oxygen atoms in total. The van der Waals surface area contributed by atoms with Crippen LogP contribution in [-0.2, 0) is 13.0 Å². The third-order valence-electron chi connectivity index (χ3n) is 3.71. The maximum Gasteiger partial charge on any atom is 0.213 e. The second kappa shape index (κ2) is 7.79. The van der Waals surface area contributed by atoms with E-state index in [0.717, 1.165) is 25.1 Å². The van der Waals surface area contributed by atoms with Gasteiger partial charge in [-0.1, -0.05) is 36.4 Å². The lowest BCUT2D eigenvalue weighted by Crippen LogP contribution is -2.26. The second-order valence-corrected chi connectivity index (χ2v) is 5.42. The Balaban J connectivity index is 1.82. The maximum atomic E-state index is 5.18. The smallest absolute Gasteiger partial charge is 0.213 e. The largest absolute Gasteiger partial charge is 0.481 e. The number of methoxy groups -OCH3 is 1. The van der Waals surface area contributed by atoms with E-state index in [2.05, 4.69) is 60.5 Å². The van der Waals surface area contributed by atoms with Crippen molar-refractivity contribution in [1.82, 2.24) is 10.3 Å². The summed E-state index contributed by atoms with van der Waals surface area (Å²) in [5, 5.41) is 3.54. The first-order valence-electron chi connectivity index (χ1n) is 7.47. The lowest BCUT2D eigenvalue weighted by Gasteiger charge is -2.15. The number of hydrogen-bond acceptors (Lipinski definition) is 3. The van der Waals surface area contributed by atoms with E-state index in [-0.39, 0.29) is 0 Å². The molecule has 1 aromatic heterocycles. The van der Waals surface area contributed by atoms with Crippen LogP contribution in [0.1, 0.15) is 30.2 Å². The topological polar surface area (TPSA) is 34.1 Å². The van der Waals surface area contributed by atoms with E-state index in [9.17, 15) is 0 Å². The van der Waals surface area contributed by atoms with Crippen molar-refractivity contribution >= 4 is 0 Å². The van der Waals surface area contributed by atoms with Gasteiger partial charge in [-0.25, -0.2) is 4.98 Å². The van der Waals surface area contributed by atoms with Gasteiger partial charge in [-0.3, -0.25) is 0 Å². The van der Waals surface area contributed by atoms with E-state index in [1.165, 1.54) is 11.1 Å². The van der Waals surface area contributed by atoms with Gasteiger partial charge < -0.3 is 10.1 Å². The van der Waals surface area contributed by atoms with E-state index in [0.29, 0.717) is 11.9 Å². The van der Waals surface area contributed by atoms with Crippen molar-refractivity contribution in [2.75, 3.05) is 7.11 Å². The number of pyridine rings is 1. The molecule has 3 heteroatoms. The van der Waals surface area contributed by atoms with Gasteiger partial charge in [-0.2, -0.15) is 0 Å². The molecule has 2 aromatic rings. The number of nitrogens with zero attached hydrogens (tertiary/aromatic N) is 1. The maximum absolute atomic E-state index is 5.18. The Kier molecular flexibility index (Phi) is 5.76. The zero-order valence-corrected chi connectivity index (χ0v) is 13.1.